The third-order valence-electron chi connectivity index (χ3n) is 1.62. The van der Waals surface area contributed by atoms with Crippen LogP contribution in [0.15, 0.2) is 23.9 Å². The SMILES string of the molecule is C=C(C)C(=O)OCCCC=C[SiH](C)C. The molecule has 0 amide bonds. The predicted octanol–water partition coefficient (Wildman–Crippen LogP) is 2.47. The zero-order valence-corrected chi connectivity index (χ0v) is 10.5. The molecule has 0 aliphatic carbocycles. The van der Waals surface area contributed by atoms with E-state index in [0.29, 0.717) is 12.2 Å². The highest BCUT2D eigenvalue weighted by Crippen LogP contribution is 1.97. The topological polar surface area (TPSA) is 26.3 Å². The highest BCUT2D eigenvalue weighted by molar-refractivity contribution is 6.61. The van der Waals surface area contributed by atoms with Crippen molar-refractivity contribution in [1.82, 2.24) is 0 Å². The normalized spacial score (nSPS) is 10.9. The van der Waals surface area contributed by atoms with Gasteiger partial charge in [0.1, 0.15) is 0 Å². The molecule has 0 unspecified atom stereocenters. The Bertz CT molecular complexity index is 219. The van der Waals surface area contributed by atoms with Gasteiger partial charge in [0, 0.05) is 5.57 Å². The monoisotopic (exact) mass is 212 g/mol. The van der Waals surface area contributed by atoms with Gasteiger partial charge < -0.3 is 4.74 Å². The van der Waals surface area contributed by atoms with Gasteiger partial charge >= 0.3 is 5.97 Å². The molecule has 3 heteroatoms. The number of hydrogen-bond acceptors (Lipinski definition) is 2. The highest BCUT2D eigenvalue weighted by Gasteiger charge is 2.00. The number of hydrogen-bond donors (Lipinski definition) is 0. The molecule has 0 aromatic carbocycles. The van der Waals surface area contributed by atoms with E-state index in [2.05, 4.69) is 31.4 Å². The number of carbonyl (C=O) groups is 1. The van der Waals surface area contributed by atoms with Gasteiger partial charge in [-0.1, -0.05) is 25.7 Å². The van der Waals surface area contributed by atoms with Crippen LogP contribution in [0.1, 0.15) is 19.8 Å². The van der Waals surface area contributed by atoms with E-state index in [-0.39, 0.29) is 5.97 Å². The van der Waals surface area contributed by atoms with Crippen molar-refractivity contribution in [3.63, 3.8) is 0 Å². The molecule has 0 saturated carbocycles. The summed E-state index contributed by atoms with van der Waals surface area (Å²) in [5.74, 6) is -0.285. The molecule has 0 atom stereocenters. The molecule has 0 saturated heterocycles. The smallest absolute Gasteiger partial charge is 0.333 e. The first-order valence-corrected chi connectivity index (χ1v) is 8.01. The zero-order valence-electron chi connectivity index (χ0n) is 9.38. The first kappa shape index (κ1) is 13.2. The van der Waals surface area contributed by atoms with Crippen LogP contribution >= 0.6 is 0 Å². The van der Waals surface area contributed by atoms with E-state index in [1.165, 1.54) is 0 Å². The van der Waals surface area contributed by atoms with Crippen LogP contribution in [0.3, 0.4) is 0 Å². The standard InChI is InChI=1S/C11H20O2Si/c1-10(2)11(12)13-8-6-5-7-9-14(3)4/h7,9,14H,1,5-6,8H2,2-4H3. The van der Waals surface area contributed by atoms with E-state index in [1.54, 1.807) is 6.92 Å². The molecule has 0 radical (unpaired) electrons. The van der Waals surface area contributed by atoms with Crippen LogP contribution in [0, 0.1) is 0 Å². The molecular formula is C11H20O2Si. The van der Waals surface area contributed by atoms with E-state index in [4.69, 9.17) is 4.74 Å². The van der Waals surface area contributed by atoms with Gasteiger partial charge in [0.15, 0.2) is 0 Å². The quantitative estimate of drug-likeness (QED) is 0.293. The van der Waals surface area contributed by atoms with Crippen molar-refractivity contribution in [3.8, 4) is 0 Å². The third kappa shape index (κ3) is 7.80. The summed E-state index contributed by atoms with van der Waals surface area (Å²) in [6.07, 6.45) is 4.08. The summed E-state index contributed by atoms with van der Waals surface area (Å²) in [5, 5.41) is 0. The minimum Gasteiger partial charge on any atom is -0.462 e. The van der Waals surface area contributed by atoms with Gasteiger partial charge in [0.2, 0.25) is 0 Å². The lowest BCUT2D eigenvalue weighted by atomic mass is 10.3. The molecule has 2 nitrogen and oxygen atoms in total. The number of esters is 1. The van der Waals surface area contributed by atoms with Crippen LogP contribution in [0.25, 0.3) is 0 Å². The van der Waals surface area contributed by atoms with E-state index in [1.807, 2.05) is 0 Å². The Morgan fingerprint density at radius 1 is 1.50 bits per heavy atom. The molecule has 0 spiro atoms. The maximum atomic E-state index is 11.0. The number of ether oxygens (including phenoxy) is 1. The number of rotatable bonds is 6. The van der Waals surface area contributed by atoms with Gasteiger partial charge in [-0.2, -0.15) is 0 Å². The largest absolute Gasteiger partial charge is 0.462 e. The molecule has 0 N–H and O–H groups in total. The summed E-state index contributed by atoms with van der Waals surface area (Å²) >= 11 is 0. The minimum atomic E-state index is -0.560. The second-order valence-electron chi connectivity index (χ2n) is 3.73. The molecule has 0 aliphatic heterocycles. The molecule has 14 heavy (non-hydrogen) atoms. The fraction of sp³-hybridized carbons (Fsp3) is 0.545. The van der Waals surface area contributed by atoms with Gasteiger partial charge in [-0.15, -0.1) is 5.70 Å². The van der Waals surface area contributed by atoms with Crippen molar-refractivity contribution in [2.24, 2.45) is 0 Å². The van der Waals surface area contributed by atoms with Gasteiger partial charge in [-0.25, -0.2) is 4.79 Å². The molecule has 0 aromatic rings. The first-order chi connectivity index (χ1) is 6.54. The minimum absolute atomic E-state index is 0.285. The van der Waals surface area contributed by atoms with E-state index in [0.717, 1.165) is 12.8 Å². The first-order valence-electron chi connectivity index (χ1n) is 5.03. The van der Waals surface area contributed by atoms with Crippen molar-refractivity contribution >= 4 is 14.8 Å². The average Bonchev–Trinajstić information content (AvgIpc) is 2.09. The Labute approximate surface area is 88.3 Å². The van der Waals surface area contributed by atoms with Crippen LogP contribution in [0.4, 0.5) is 0 Å². The fourth-order valence-electron chi connectivity index (χ4n) is 0.858. The Hall–Kier alpha value is -0.833. The zero-order chi connectivity index (χ0) is 11.0. The van der Waals surface area contributed by atoms with Crippen molar-refractivity contribution in [1.29, 1.82) is 0 Å². The summed E-state index contributed by atoms with van der Waals surface area (Å²) in [4.78, 5) is 11.0. The number of allylic oxidation sites excluding steroid dienone is 1. The lowest BCUT2D eigenvalue weighted by molar-refractivity contribution is -0.139. The van der Waals surface area contributed by atoms with Gasteiger partial charge in [-0.3, -0.25) is 0 Å². The van der Waals surface area contributed by atoms with Crippen molar-refractivity contribution in [2.45, 2.75) is 32.9 Å². The highest BCUT2D eigenvalue weighted by atomic mass is 28.3. The van der Waals surface area contributed by atoms with E-state index in [9.17, 15) is 4.79 Å². The Kier molecular flexibility index (Phi) is 7.11. The number of unbranched alkanes of at least 4 members (excludes halogenated alkanes) is 1. The molecule has 0 bridgehead atoms. The summed E-state index contributed by atoms with van der Waals surface area (Å²) in [7, 11) is -0.560. The van der Waals surface area contributed by atoms with Crippen LogP contribution in [-0.4, -0.2) is 21.4 Å². The van der Waals surface area contributed by atoms with Gasteiger partial charge in [-0.05, 0) is 19.8 Å². The van der Waals surface area contributed by atoms with Crippen molar-refractivity contribution in [3.05, 3.63) is 23.9 Å². The molecule has 80 valence electrons. The molecule has 0 rings (SSSR count). The fourth-order valence-corrected chi connectivity index (χ4v) is 1.59. The summed E-state index contributed by atoms with van der Waals surface area (Å²) in [5.41, 5.74) is 2.76. The summed E-state index contributed by atoms with van der Waals surface area (Å²) in [6, 6.07) is 0. The molecular weight excluding hydrogens is 192 g/mol. The lowest BCUT2D eigenvalue weighted by Crippen LogP contribution is -2.05. The second-order valence-corrected chi connectivity index (χ2v) is 6.60. The Morgan fingerprint density at radius 3 is 2.64 bits per heavy atom. The van der Waals surface area contributed by atoms with Gasteiger partial charge in [0.05, 0.1) is 15.4 Å². The van der Waals surface area contributed by atoms with Crippen LogP contribution in [0.5, 0.6) is 0 Å². The maximum absolute atomic E-state index is 11.0. The molecule has 0 heterocycles. The molecule has 0 fully saturated rings. The molecule has 0 aliphatic rings. The molecule has 0 aromatic heterocycles. The van der Waals surface area contributed by atoms with E-state index < -0.39 is 8.80 Å². The predicted molar refractivity (Wildman–Crippen MR) is 63.0 cm³/mol. The van der Waals surface area contributed by atoms with Crippen LogP contribution in [0.2, 0.25) is 13.1 Å². The average molecular weight is 212 g/mol. The van der Waals surface area contributed by atoms with E-state index >= 15 is 0 Å². The van der Waals surface area contributed by atoms with Crippen LogP contribution in [-0.2, 0) is 9.53 Å². The number of carbonyl (C=O) groups excluding carboxylic acids is 1. The Balaban J connectivity index is 3.39. The van der Waals surface area contributed by atoms with Crippen molar-refractivity contribution in [2.75, 3.05) is 6.61 Å². The third-order valence-corrected chi connectivity index (χ3v) is 2.66. The van der Waals surface area contributed by atoms with Crippen LogP contribution < -0.4 is 0 Å². The maximum Gasteiger partial charge on any atom is 0.333 e. The second kappa shape index (κ2) is 7.56. The van der Waals surface area contributed by atoms with Gasteiger partial charge in [0.25, 0.3) is 0 Å². The van der Waals surface area contributed by atoms with Crippen molar-refractivity contribution < 1.29 is 9.53 Å². The summed E-state index contributed by atoms with van der Waals surface area (Å²) < 4.78 is 4.95. The lowest BCUT2D eigenvalue weighted by Gasteiger charge is -2.02. The Morgan fingerprint density at radius 2 is 2.14 bits per heavy atom. The summed E-state index contributed by atoms with van der Waals surface area (Å²) in [6.45, 7) is 10.2.